The normalized spacial score (nSPS) is 19.6. The lowest BCUT2D eigenvalue weighted by molar-refractivity contribution is 0.210. The quantitative estimate of drug-likeness (QED) is 0.556. The molecule has 5 nitrogen and oxygen atoms in total. The first kappa shape index (κ1) is 16.6. The third-order valence-electron chi connectivity index (χ3n) is 4.88. The molecule has 7 heteroatoms. The van der Waals surface area contributed by atoms with Crippen molar-refractivity contribution in [2.45, 2.75) is 37.8 Å². The maximum atomic E-state index is 6.14. The van der Waals surface area contributed by atoms with Gasteiger partial charge in [0.25, 0.3) is 0 Å². The third kappa shape index (κ3) is 3.41. The lowest BCUT2D eigenvalue weighted by Crippen LogP contribution is -2.40. The summed E-state index contributed by atoms with van der Waals surface area (Å²) in [6.45, 7) is 2.33. The van der Waals surface area contributed by atoms with E-state index < -0.39 is 0 Å². The molecule has 2 heterocycles. The summed E-state index contributed by atoms with van der Waals surface area (Å²) in [5.74, 6) is 1.64. The van der Waals surface area contributed by atoms with Crippen molar-refractivity contribution in [2.75, 3.05) is 25.5 Å². The number of benzene rings is 1. The fourth-order valence-electron chi connectivity index (χ4n) is 3.41. The van der Waals surface area contributed by atoms with E-state index in [4.69, 9.17) is 16.3 Å². The first-order valence-electron chi connectivity index (χ1n) is 8.35. The van der Waals surface area contributed by atoms with E-state index in [0.717, 1.165) is 44.9 Å². The van der Waals surface area contributed by atoms with E-state index in [1.807, 2.05) is 12.1 Å². The van der Waals surface area contributed by atoms with Crippen LogP contribution in [0.25, 0.3) is 10.9 Å². The van der Waals surface area contributed by atoms with E-state index in [-0.39, 0.29) is 5.28 Å². The molecular formula is C17H20ClIN4O. The van der Waals surface area contributed by atoms with Crippen molar-refractivity contribution in [1.29, 1.82) is 0 Å². The van der Waals surface area contributed by atoms with Gasteiger partial charge in [-0.05, 0) is 72.0 Å². The summed E-state index contributed by atoms with van der Waals surface area (Å²) < 4.78 is 6.46. The van der Waals surface area contributed by atoms with Crippen molar-refractivity contribution in [3.05, 3.63) is 21.0 Å². The van der Waals surface area contributed by atoms with E-state index >= 15 is 0 Å². The molecule has 1 aromatic heterocycles. The molecule has 0 spiro atoms. The minimum atomic E-state index is 0.279. The van der Waals surface area contributed by atoms with Crippen molar-refractivity contribution in [1.82, 2.24) is 14.9 Å². The highest BCUT2D eigenvalue weighted by Crippen LogP contribution is 2.33. The van der Waals surface area contributed by atoms with E-state index in [2.05, 4.69) is 42.8 Å². The second-order valence-electron chi connectivity index (χ2n) is 6.53. The molecule has 1 aliphatic heterocycles. The van der Waals surface area contributed by atoms with E-state index in [1.54, 1.807) is 7.11 Å². The van der Waals surface area contributed by atoms with Gasteiger partial charge in [0.1, 0.15) is 11.6 Å². The smallest absolute Gasteiger partial charge is 0.224 e. The first-order valence-corrected chi connectivity index (χ1v) is 9.81. The van der Waals surface area contributed by atoms with Crippen LogP contribution in [-0.2, 0) is 0 Å². The minimum absolute atomic E-state index is 0.279. The summed E-state index contributed by atoms with van der Waals surface area (Å²) in [5.41, 5.74) is 0.845. The Morgan fingerprint density at radius 2 is 1.96 bits per heavy atom. The van der Waals surface area contributed by atoms with E-state index in [0.29, 0.717) is 6.04 Å². The first-order chi connectivity index (χ1) is 11.6. The topological polar surface area (TPSA) is 50.3 Å². The summed E-state index contributed by atoms with van der Waals surface area (Å²) in [4.78, 5) is 11.4. The maximum absolute atomic E-state index is 6.14. The van der Waals surface area contributed by atoms with Gasteiger partial charge in [0, 0.05) is 30.6 Å². The molecule has 1 saturated heterocycles. The summed E-state index contributed by atoms with van der Waals surface area (Å²) in [6, 6.07) is 5.27. The molecule has 0 unspecified atom stereocenters. The van der Waals surface area contributed by atoms with Crippen LogP contribution in [0.5, 0.6) is 5.75 Å². The third-order valence-corrected chi connectivity index (χ3v) is 5.89. The minimum Gasteiger partial charge on any atom is -0.496 e. The van der Waals surface area contributed by atoms with Gasteiger partial charge >= 0.3 is 0 Å². The number of likely N-dealkylation sites (tertiary alicyclic amines) is 1. The fraction of sp³-hybridized carbons (Fsp3) is 0.529. The summed E-state index contributed by atoms with van der Waals surface area (Å²) >= 11 is 8.38. The van der Waals surface area contributed by atoms with Crippen LogP contribution in [0.1, 0.15) is 25.7 Å². The molecule has 1 saturated carbocycles. The Morgan fingerprint density at radius 1 is 1.21 bits per heavy atom. The lowest BCUT2D eigenvalue weighted by Gasteiger charge is -2.32. The number of hydrogen-bond acceptors (Lipinski definition) is 5. The second-order valence-corrected chi connectivity index (χ2v) is 8.03. The number of hydrogen-bond donors (Lipinski definition) is 1. The molecule has 128 valence electrons. The molecule has 2 aromatic rings. The summed E-state index contributed by atoms with van der Waals surface area (Å²) in [5, 5.41) is 4.83. The maximum Gasteiger partial charge on any atom is 0.224 e. The number of fused-ring (bicyclic) bond motifs is 1. The largest absolute Gasteiger partial charge is 0.496 e. The van der Waals surface area contributed by atoms with Gasteiger partial charge in [0.15, 0.2) is 0 Å². The highest BCUT2D eigenvalue weighted by molar-refractivity contribution is 14.1. The van der Waals surface area contributed by atoms with Crippen LogP contribution in [0.3, 0.4) is 0 Å². The van der Waals surface area contributed by atoms with Crippen LogP contribution in [0, 0.1) is 3.57 Å². The lowest BCUT2D eigenvalue weighted by atomic mass is 10.0. The van der Waals surface area contributed by atoms with Crippen molar-refractivity contribution in [3.8, 4) is 5.75 Å². The predicted octanol–water partition coefficient (Wildman–Crippen LogP) is 3.94. The van der Waals surface area contributed by atoms with Crippen LogP contribution in [0.4, 0.5) is 5.82 Å². The number of aromatic nitrogens is 2. The van der Waals surface area contributed by atoms with Crippen LogP contribution in [0.15, 0.2) is 12.1 Å². The van der Waals surface area contributed by atoms with Crippen molar-refractivity contribution in [3.63, 3.8) is 0 Å². The van der Waals surface area contributed by atoms with Crippen molar-refractivity contribution in [2.24, 2.45) is 0 Å². The number of nitrogens with one attached hydrogen (secondary N) is 1. The predicted molar refractivity (Wildman–Crippen MR) is 105 cm³/mol. The number of ether oxygens (including phenoxy) is 1. The number of nitrogens with zero attached hydrogens (tertiary/aromatic N) is 3. The Morgan fingerprint density at radius 3 is 2.62 bits per heavy atom. The molecule has 2 fully saturated rings. The van der Waals surface area contributed by atoms with Crippen molar-refractivity contribution >= 4 is 50.9 Å². The van der Waals surface area contributed by atoms with Crippen LogP contribution in [0.2, 0.25) is 5.28 Å². The number of anilines is 1. The highest BCUT2D eigenvalue weighted by Gasteiger charge is 2.32. The molecule has 1 aliphatic carbocycles. The molecule has 0 amide bonds. The monoisotopic (exact) mass is 458 g/mol. The molecular weight excluding hydrogens is 439 g/mol. The van der Waals surface area contributed by atoms with Gasteiger partial charge < -0.3 is 15.0 Å². The molecule has 0 radical (unpaired) electrons. The molecule has 4 rings (SSSR count). The van der Waals surface area contributed by atoms with Gasteiger partial charge in [-0.15, -0.1) is 0 Å². The van der Waals surface area contributed by atoms with Gasteiger partial charge in [0.2, 0.25) is 5.28 Å². The number of rotatable bonds is 4. The average Bonchev–Trinajstić information content (AvgIpc) is 3.40. The highest BCUT2D eigenvalue weighted by atomic mass is 127. The van der Waals surface area contributed by atoms with E-state index in [1.165, 1.54) is 25.9 Å². The zero-order chi connectivity index (χ0) is 16.7. The molecule has 0 bridgehead atoms. The number of piperidine rings is 1. The van der Waals surface area contributed by atoms with E-state index in [9.17, 15) is 0 Å². The van der Waals surface area contributed by atoms with Crippen molar-refractivity contribution < 1.29 is 4.74 Å². The Balaban J connectivity index is 1.58. The zero-order valence-electron chi connectivity index (χ0n) is 13.6. The van der Waals surface area contributed by atoms with Gasteiger partial charge in [-0.1, -0.05) is 0 Å². The summed E-state index contributed by atoms with van der Waals surface area (Å²) in [7, 11) is 1.68. The molecule has 0 atom stereocenters. The van der Waals surface area contributed by atoms with Gasteiger partial charge in [-0.25, -0.2) is 9.97 Å². The zero-order valence-corrected chi connectivity index (χ0v) is 16.5. The van der Waals surface area contributed by atoms with Gasteiger partial charge in [-0.3, -0.25) is 0 Å². The summed E-state index contributed by atoms with van der Waals surface area (Å²) in [6.07, 6.45) is 5.04. The Bertz CT molecular complexity index is 760. The average molecular weight is 459 g/mol. The number of methoxy groups -OCH3 is 1. The standard InChI is InChI=1S/C17H20ClIN4O/c1-24-15-8-12-14(9-13(15)19)21-17(18)22-16(12)20-10-4-6-23(7-5-10)11-2-3-11/h8-11H,2-7H2,1H3,(H,20,21,22). The van der Waals surface area contributed by atoms with Gasteiger partial charge in [0.05, 0.1) is 16.2 Å². The fourth-order valence-corrected chi connectivity index (χ4v) is 4.26. The Kier molecular flexibility index (Phi) is 4.70. The number of halogens is 2. The second kappa shape index (κ2) is 6.80. The van der Waals surface area contributed by atoms with Crippen LogP contribution >= 0.6 is 34.2 Å². The Hall–Kier alpha value is -0.860. The van der Waals surface area contributed by atoms with Gasteiger partial charge in [-0.2, -0.15) is 0 Å². The SMILES string of the molecule is COc1cc2c(NC3CCN(C4CC4)CC3)nc(Cl)nc2cc1I. The molecule has 24 heavy (non-hydrogen) atoms. The van der Waals surface area contributed by atoms with Crippen LogP contribution < -0.4 is 10.1 Å². The van der Waals surface area contributed by atoms with Crippen LogP contribution in [-0.4, -0.2) is 47.2 Å². The molecule has 2 aliphatic rings. The molecule has 1 aromatic carbocycles. The molecule has 1 N–H and O–H groups in total. The Labute approximate surface area is 160 Å².